The lowest BCUT2D eigenvalue weighted by Gasteiger charge is -2.26. The van der Waals surface area contributed by atoms with Crippen molar-refractivity contribution in [3.63, 3.8) is 0 Å². The SMILES string of the molecule is CCc1ccc(OCC(=O)N2CCCC2C(=O)N(C)C)cc1. The number of hydrogen-bond acceptors (Lipinski definition) is 3. The van der Waals surface area contributed by atoms with E-state index in [2.05, 4.69) is 6.92 Å². The van der Waals surface area contributed by atoms with Gasteiger partial charge in [-0.2, -0.15) is 0 Å². The fourth-order valence-corrected chi connectivity index (χ4v) is 2.67. The van der Waals surface area contributed by atoms with Crippen LogP contribution in [0.2, 0.25) is 0 Å². The van der Waals surface area contributed by atoms with Gasteiger partial charge in [0, 0.05) is 20.6 Å². The molecule has 22 heavy (non-hydrogen) atoms. The van der Waals surface area contributed by atoms with E-state index in [9.17, 15) is 9.59 Å². The van der Waals surface area contributed by atoms with E-state index < -0.39 is 0 Å². The summed E-state index contributed by atoms with van der Waals surface area (Å²) in [6, 6.07) is 7.40. The van der Waals surface area contributed by atoms with E-state index in [1.165, 1.54) is 5.56 Å². The van der Waals surface area contributed by atoms with Crippen molar-refractivity contribution >= 4 is 11.8 Å². The Kier molecular flexibility index (Phi) is 5.41. The van der Waals surface area contributed by atoms with Gasteiger partial charge in [-0.15, -0.1) is 0 Å². The molecule has 1 aromatic carbocycles. The maximum atomic E-state index is 12.3. The number of nitrogens with zero attached hydrogens (tertiary/aromatic N) is 2. The van der Waals surface area contributed by atoms with Gasteiger partial charge in [0.2, 0.25) is 5.91 Å². The third-order valence-electron chi connectivity index (χ3n) is 3.99. The number of hydrogen-bond donors (Lipinski definition) is 0. The Morgan fingerprint density at radius 2 is 1.95 bits per heavy atom. The molecule has 2 amide bonds. The van der Waals surface area contributed by atoms with Crippen LogP contribution in [0, 0.1) is 0 Å². The molecule has 1 aromatic rings. The number of amides is 2. The van der Waals surface area contributed by atoms with E-state index in [1.54, 1.807) is 23.9 Å². The summed E-state index contributed by atoms with van der Waals surface area (Å²) in [6.07, 6.45) is 2.57. The average molecular weight is 304 g/mol. The Hall–Kier alpha value is -2.04. The third-order valence-corrected chi connectivity index (χ3v) is 3.99. The predicted octanol–water partition coefficient (Wildman–Crippen LogP) is 1.71. The van der Waals surface area contributed by atoms with E-state index in [-0.39, 0.29) is 24.5 Å². The summed E-state index contributed by atoms with van der Waals surface area (Å²) in [4.78, 5) is 27.6. The van der Waals surface area contributed by atoms with Crippen molar-refractivity contribution < 1.29 is 14.3 Å². The van der Waals surface area contributed by atoms with E-state index >= 15 is 0 Å². The van der Waals surface area contributed by atoms with Gasteiger partial charge in [0.1, 0.15) is 11.8 Å². The van der Waals surface area contributed by atoms with Crippen molar-refractivity contribution in [1.29, 1.82) is 0 Å². The molecule has 1 saturated heterocycles. The van der Waals surface area contributed by atoms with Crippen molar-refractivity contribution in [2.45, 2.75) is 32.2 Å². The van der Waals surface area contributed by atoms with E-state index in [1.807, 2.05) is 24.3 Å². The van der Waals surface area contributed by atoms with Crippen LogP contribution in [-0.2, 0) is 16.0 Å². The molecule has 0 radical (unpaired) electrons. The minimum Gasteiger partial charge on any atom is -0.484 e. The number of likely N-dealkylation sites (N-methyl/N-ethyl adjacent to an activating group) is 1. The zero-order chi connectivity index (χ0) is 16.1. The van der Waals surface area contributed by atoms with Crippen molar-refractivity contribution in [1.82, 2.24) is 9.80 Å². The zero-order valence-electron chi connectivity index (χ0n) is 13.5. The van der Waals surface area contributed by atoms with Crippen LogP contribution in [0.5, 0.6) is 5.75 Å². The molecule has 1 fully saturated rings. The monoisotopic (exact) mass is 304 g/mol. The van der Waals surface area contributed by atoms with Gasteiger partial charge in [0.25, 0.3) is 5.91 Å². The molecule has 1 aliphatic rings. The molecule has 120 valence electrons. The molecule has 1 aliphatic heterocycles. The van der Waals surface area contributed by atoms with Crippen molar-refractivity contribution in [2.24, 2.45) is 0 Å². The van der Waals surface area contributed by atoms with E-state index in [0.717, 1.165) is 19.3 Å². The molecule has 0 bridgehead atoms. The fourth-order valence-electron chi connectivity index (χ4n) is 2.67. The molecule has 0 aromatic heterocycles. The molecule has 2 rings (SSSR count). The molecule has 0 aliphatic carbocycles. The number of carbonyl (C=O) groups excluding carboxylic acids is 2. The predicted molar refractivity (Wildman–Crippen MR) is 84.7 cm³/mol. The second kappa shape index (κ2) is 7.29. The number of likely N-dealkylation sites (tertiary alicyclic amines) is 1. The minimum absolute atomic E-state index is 0.0156. The van der Waals surface area contributed by atoms with Gasteiger partial charge in [0.15, 0.2) is 6.61 Å². The summed E-state index contributed by atoms with van der Waals surface area (Å²) in [5.41, 5.74) is 1.23. The van der Waals surface area contributed by atoms with Crippen molar-refractivity contribution in [3.05, 3.63) is 29.8 Å². The van der Waals surface area contributed by atoms with Crippen LogP contribution in [0.25, 0.3) is 0 Å². The molecular weight excluding hydrogens is 280 g/mol. The first-order valence-electron chi connectivity index (χ1n) is 7.75. The zero-order valence-corrected chi connectivity index (χ0v) is 13.5. The van der Waals surface area contributed by atoms with Gasteiger partial charge in [-0.05, 0) is 37.0 Å². The molecule has 5 heteroatoms. The molecule has 1 heterocycles. The van der Waals surface area contributed by atoms with Gasteiger partial charge in [0.05, 0.1) is 0 Å². The summed E-state index contributed by atoms with van der Waals surface area (Å²) in [6.45, 7) is 2.69. The maximum Gasteiger partial charge on any atom is 0.261 e. The van der Waals surface area contributed by atoms with Crippen molar-refractivity contribution in [3.8, 4) is 5.75 Å². The highest BCUT2D eigenvalue weighted by Crippen LogP contribution is 2.19. The van der Waals surface area contributed by atoms with Crippen LogP contribution in [0.3, 0.4) is 0 Å². The molecule has 1 unspecified atom stereocenters. The van der Waals surface area contributed by atoms with Crippen LogP contribution in [0.15, 0.2) is 24.3 Å². The third kappa shape index (κ3) is 3.78. The van der Waals surface area contributed by atoms with Gasteiger partial charge in [-0.25, -0.2) is 0 Å². The first-order valence-corrected chi connectivity index (χ1v) is 7.75. The fraction of sp³-hybridized carbons (Fsp3) is 0.529. The van der Waals surface area contributed by atoms with Gasteiger partial charge >= 0.3 is 0 Å². The topological polar surface area (TPSA) is 49.9 Å². The summed E-state index contributed by atoms with van der Waals surface area (Å²) < 4.78 is 5.55. The molecule has 0 spiro atoms. The number of rotatable bonds is 5. The quantitative estimate of drug-likeness (QED) is 0.832. The molecule has 5 nitrogen and oxygen atoms in total. The van der Waals surface area contributed by atoms with E-state index in [0.29, 0.717) is 12.3 Å². The number of benzene rings is 1. The first kappa shape index (κ1) is 16.3. The largest absolute Gasteiger partial charge is 0.484 e. The molecular formula is C17H24N2O3. The minimum atomic E-state index is -0.339. The maximum absolute atomic E-state index is 12.3. The van der Waals surface area contributed by atoms with Gasteiger partial charge < -0.3 is 14.5 Å². The summed E-state index contributed by atoms with van der Waals surface area (Å²) in [5.74, 6) is 0.538. The summed E-state index contributed by atoms with van der Waals surface area (Å²) >= 11 is 0. The lowest BCUT2D eigenvalue weighted by molar-refractivity contribution is -0.143. The van der Waals surface area contributed by atoms with Crippen molar-refractivity contribution in [2.75, 3.05) is 27.2 Å². The van der Waals surface area contributed by atoms with Crippen LogP contribution in [0.1, 0.15) is 25.3 Å². The van der Waals surface area contributed by atoms with Gasteiger partial charge in [-0.1, -0.05) is 19.1 Å². The number of ether oxygens (including phenoxy) is 1. The lowest BCUT2D eigenvalue weighted by atomic mass is 10.2. The molecule has 0 saturated carbocycles. The highest BCUT2D eigenvalue weighted by atomic mass is 16.5. The highest BCUT2D eigenvalue weighted by molar-refractivity contribution is 5.88. The molecule has 0 N–H and O–H groups in total. The smallest absolute Gasteiger partial charge is 0.261 e. The Morgan fingerprint density at radius 3 is 2.55 bits per heavy atom. The Bertz CT molecular complexity index is 525. The Balaban J connectivity index is 1.92. The normalized spacial score (nSPS) is 17.4. The van der Waals surface area contributed by atoms with Gasteiger partial charge in [-0.3, -0.25) is 9.59 Å². The molecule has 1 atom stereocenters. The number of aryl methyl sites for hydroxylation is 1. The summed E-state index contributed by atoms with van der Waals surface area (Å²) in [7, 11) is 3.43. The van der Waals surface area contributed by atoms with Crippen LogP contribution in [-0.4, -0.2) is 54.9 Å². The second-order valence-corrected chi connectivity index (χ2v) is 5.76. The second-order valence-electron chi connectivity index (χ2n) is 5.76. The van der Waals surface area contributed by atoms with E-state index in [4.69, 9.17) is 4.74 Å². The average Bonchev–Trinajstić information content (AvgIpc) is 3.01. The van der Waals surface area contributed by atoms with Crippen LogP contribution < -0.4 is 4.74 Å². The number of carbonyl (C=O) groups is 2. The highest BCUT2D eigenvalue weighted by Gasteiger charge is 2.34. The standard InChI is InChI=1S/C17H24N2O3/c1-4-13-7-9-14(10-8-13)22-12-16(20)19-11-5-6-15(19)17(21)18(2)3/h7-10,15H,4-6,11-12H2,1-3H3. The summed E-state index contributed by atoms with van der Waals surface area (Å²) in [5, 5.41) is 0. The lowest BCUT2D eigenvalue weighted by Crippen LogP contribution is -2.46. The first-order chi connectivity index (χ1) is 10.5. The Morgan fingerprint density at radius 1 is 1.27 bits per heavy atom. The van der Waals surface area contributed by atoms with Crippen LogP contribution in [0.4, 0.5) is 0 Å². The Labute approximate surface area is 131 Å². The van der Waals surface area contributed by atoms with Crippen LogP contribution >= 0.6 is 0 Å².